The first-order valence-corrected chi connectivity index (χ1v) is 12.0. The lowest BCUT2D eigenvalue weighted by Gasteiger charge is -2.58. The first-order chi connectivity index (χ1) is 15.5. The normalized spacial score (nSPS) is 28.5. The Morgan fingerprint density at radius 3 is 2.38 bits per heavy atom. The zero-order valence-corrected chi connectivity index (χ0v) is 19.6. The summed E-state index contributed by atoms with van der Waals surface area (Å²) < 4.78 is 17.1. The van der Waals surface area contributed by atoms with E-state index < -0.39 is 0 Å². The monoisotopic (exact) mass is 440 g/mol. The molecule has 2 aromatic rings. The standard InChI is InChI=1S/C26H36N2O4/c1-17-22(27-25(32-17)21-5-4-6-23(30-2)24(21)31-3)15-28(7-8-29)16-26-12-18-9-19(13-26)11-20(10-18)14-26/h4-6,18-20,29H,7-16H2,1-3H3. The van der Waals surface area contributed by atoms with E-state index >= 15 is 0 Å². The molecule has 1 N–H and O–H groups in total. The van der Waals surface area contributed by atoms with Gasteiger partial charge >= 0.3 is 0 Å². The molecule has 0 spiro atoms. The van der Waals surface area contributed by atoms with Crippen molar-refractivity contribution in [2.75, 3.05) is 33.9 Å². The third-order valence-corrected chi connectivity index (χ3v) is 8.04. The number of nitrogens with zero attached hydrogens (tertiary/aromatic N) is 2. The molecule has 174 valence electrons. The van der Waals surface area contributed by atoms with Gasteiger partial charge in [0.1, 0.15) is 5.76 Å². The largest absolute Gasteiger partial charge is 0.493 e. The molecular formula is C26H36N2O4. The van der Waals surface area contributed by atoms with Crippen molar-refractivity contribution < 1.29 is 19.0 Å². The quantitative estimate of drug-likeness (QED) is 0.611. The minimum Gasteiger partial charge on any atom is -0.493 e. The van der Waals surface area contributed by atoms with Crippen LogP contribution in [-0.2, 0) is 6.54 Å². The molecule has 0 radical (unpaired) electrons. The summed E-state index contributed by atoms with van der Waals surface area (Å²) in [6.07, 6.45) is 8.45. The van der Waals surface area contributed by atoms with Gasteiger partial charge in [-0.15, -0.1) is 0 Å². The van der Waals surface area contributed by atoms with E-state index in [1.807, 2.05) is 25.1 Å². The van der Waals surface area contributed by atoms with Gasteiger partial charge in [-0.2, -0.15) is 0 Å². The maximum Gasteiger partial charge on any atom is 0.230 e. The first-order valence-electron chi connectivity index (χ1n) is 12.0. The van der Waals surface area contributed by atoms with E-state index in [2.05, 4.69) is 4.90 Å². The Kier molecular flexibility index (Phi) is 5.93. The number of methoxy groups -OCH3 is 2. The molecule has 4 aliphatic rings. The fourth-order valence-corrected chi connectivity index (χ4v) is 7.27. The maximum atomic E-state index is 9.79. The van der Waals surface area contributed by atoms with Gasteiger partial charge in [-0.05, 0) is 80.8 Å². The van der Waals surface area contributed by atoms with Gasteiger partial charge in [-0.1, -0.05) is 6.07 Å². The number of aliphatic hydroxyl groups excluding tert-OH is 1. The van der Waals surface area contributed by atoms with E-state index in [1.54, 1.807) is 14.2 Å². The third kappa shape index (κ3) is 4.03. The van der Waals surface area contributed by atoms with E-state index in [-0.39, 0.29) is 6.61 Å². The lowest BCUT2D eigenvalue weighted by Crippen LogP contribution is -2.51. The predicted molar refractivity (Wildman–Crippen MR) is 123 cm³/mol. The number of ether oxygens (including phenoxy) is 2. The zero-order valence-electron chi connectivity index (χ0n) is 19.6. The molecule has 4 bridgehead atoms. The molecule has 1 aromatic heterocycles. The molecule has 6 heteroatoms. The van der Waals surface area contributed by atoms with Gasteiger partial charge < -0.3 is 19.0 Å². The predicted octanol–water partition coefficient (Wildman–Crippen LogP) is 4.68. The fourth-order valence-electron chi connectivity index (χ4n) is 7.27. The average Bonchev–Trinajstić information content (AvgIpc) is 3.12. The van der Waals surface area contributed by atoms with Crippen LogP contribution >= 0.6 is 0 Å². The second kappa shape index (κ2) is 8.71. The summed E-state index contributed by atoms with van der Waals surface area (Å²) in [5, 5.41) is 9.79. The molecule has 0 aliphatic heterocycles. The Balaban J connectivity index is 1.37. The van der Waals surface area contributed by atoms with Crippen LogP contribution in [-0.4, -0.2) is 48.9 Å². The van der Waals surface area contributed by atoms with Crippen LogP contribution in [0.3, 0.4) is 0 Å². The minimum absolute atomic E-state index is 0.166. The molecule has 0 saturated heterocycles. The van der Waals surface area contributed by atoms with Gasteiger partial charge in [0.05, 0.1) is 32.1 Å². The van der Waals surface area contributed by atoms with Crippen LogP contribution in [0.15, 0.2) is 22.6 Å². The van der Waals surface area contributed by atoms with Crippen LogP contribution in [0.5, 0.6) is 11.5 Å². The Morgan fingerprint density at radius 2 is 1.78 bits per heavy atom. The number of benzene rings is 1. The van der Waals surface area contributed by atoms with Crippen LogP contribution < -0.4 is 9.47 Å². The summed E-state index contributed by atoms with van der Waals surface area (Å²) in [6.45, 7) is 4.57. The Bertz CT molecular complexity index is 918. The van der Waals surface area contributed by atoms with Crippen molar-refractivity contribution in [2.24, 2.45) is 23.2 Å². The number of oxazole rings is 1. The number of aryl methyl sites for hydroxylation is 1. The lowest BCUT2D eigenvalue weighted by atomic mass is 9.49. The molecule has 0 amide bonds. The Labute approximate surface area is 190 Å². The summed E-state index contributed by atoms with van der Waals surface area (Å²) in [7, 11) is 3.26. The van der Waals surface area contributed by atoms with Crippen LogP contribution in [0.25, 0.3) is 11.5 Å². The Morgan fingerprint density at radius 1 is 1.09 bits per heavy atom. The van der Waals surface area contributed by atoms with Crippen molar-refractivity contribution in [2.45, 2.75) is 52.0 Å². The van der Waals surface area contributed by atoms with Gasteiger partial charge in [0.25, 0.3) is 0 Å². The number of aromatic nitrogens is 1. The fraction of sp³-hybridized carbons (Fsp3) is 0.654. The van der Waals surface area contributed by atoms with E-state index in [9.17, 15) is 5.11 Å². The average molecular weight is 441 g/mol. The van der Waals surface area contributed by atoms with Gasteiger partial charge in [0.2, 0.25) is 5.89 Å². The summed E-state index contributed by atoms with van der Waals surface area (Å²) in [5.41, 5.74) is 2.15. The minimum atomic E-state index is 0.166. The molecule has 6 rings (SSSR count). The number of hydrogen-bond acceptors (Lipinski definition) is 6. The van der Waals surface area contributed by atoms with Crippen molar-refractivity contribution in [3.05, 3.63) is 29.7 Å². The second-order valence-corrected chi connectivity index (χ2v) is 10.4. The molecule has 0 atom stereocenters. The molecule has 4 aliphatic carbocycles. The SMILES string of the molecule is COc1cccc(-c2nc(CN(CCO)CC34CC5CC(CC(C5)C3)C4)c(C)o2)c1OC. The molecule has 4 fully saturated rings. The number of hydrogen-bond donors (Lipinski definition) is 1. The van der Waals surface area contributed by atoms with Gasteiger partial charge in [0.15, 0.2) is 11.5 Å². The van der Waals surface area contributed by atoms with Gasteiger partial charge in [0, 0.05) is 19.6 Å². The lowest BCUT2D eigenvalue weighted by molar-refractivity contribution is -0.0715. The molecule has 32 heavy (non-hydrogen) atoms. The smallest absolute Gasteiger partial charge is 0.230 e. The van der Waals surface area contributed by atoms with Crippen LogP contribution in [0, 0.1) is 30.1 Å². The highest BCUT2D eigenvalue weighted by atomic mass is 16.5. The summed E-state index contributed by atoms with van der Waals surface area (Å²) in [4.78, 5) is 7.26. The number of rotatable bonds is 9. The van der Waals surface area contributed by atoms with E-state index in [4.69, 9.17) is 18.9 Å². The molecular weight excluding hydrogens is 404 g/mol. The van der Waals surface area contributed by atoms with Crippen molar-refractivity contribution in [1.29, 1.82) is 0 Å². The topological polar surface area (TPSA) is 68.0 Å². The second-order valence-electron chi connectivity index (χ2n) is 10.4. The summed E-state index contributed by atoms with van der Waals surface area (Å²) in [6, 6.07) is 5.73. The zero-order chi connectivity index (χ0) is 22.3. The van der Waals surface area contributed by atoms with Crippen molar-refractivity contribution in [3.8, 4) is 23.0 Å². The van der Waals surface area contributed by atoms with Gasteiger partial charge in [-0.3, -0.25) is 4.90 Å². The number of aliphatic hydroxyl groups is 1. The molecule has 4 saturated carbocycles. The maximum absolute atomic E-state index is 9.79. The highest BCUT2D eigenvalue weighted by Gasteiger charge is 2.51. The highest BCUT2D eigenvalue weighted by molar-refractivity contribution is 5.68. The Hall–Kier alpha value is -2.05. The van der Waals surface area contributed by atoms with Crippen LogP contribution in [0.1, 0.15) is 50.0 Å². The van der Waals surface area contributed by atoms with Crippen LogP contribution in [0.4, 0.5) is 0 Å². The third-order valence-electron chi connectivity index (χ3n) is 8.04. The first kappa shape index (κ1) is 21.8. The van der Waals surface area contributed by atoms with Crippen molar-refractivity contribution in [3.63, 3.8) is 0 Å². The molecule has 1 heterocycles. The van der Waals surface area contributed by atoms with E-state index in [0.717, 1.165) is 41.3 Å². The summed E-state index contributed by atoms with van der Waals surface area (Å²) >= 11 is 0. The number of para-hydroxylation sites is 1. The van der Waals surface area contributed by atoms with E-state index in [1.165, 1.54) is 38.5 Å². The van der Waals surface area contributed by atoms with E-state index in [0.29, 0.717) is 35.9 Å². The van der Waals surface area contributed by atoms with Crippen LogP contribution in [0.2, 0.25) is 0 Å². The van der Waals surface area contributed by atoms with Crippen molar-refractivity contribution in [1.82, 2.24) is 9.88 Å². The molecule has 1 aromatic carbocycles. The highest BCUT2D eigenvalue weighted by Crippen LogP contribution is 2.60. The summed E-state index contributed by atoms with van der Waals surface area (Å²) in [5.74, 6) is 5.44. The van der Waals surface area contributed by atoms with Crippen molar-refractivity contribution >= 4 is 0 Å². The molecule has 6 nitrogen and oxygen atoms in total. The molecule has 0 unspecified atom stereocenters. The van der Waals surface area contributed by atoms with Gasteiger partial charge in [-0.25, -0.2) is 4.98 Å².